The van der Waals surface area contributed by atoms with Crippen molar-refractivity contribution < 1.29 is 9.59 Å². The largest absolute Gasteiger partial charge is 0.361 e. The van der Waals surface area contributed by atoms with Gasteiger partial charge < -0.3 is 4.98 Å². The molecule has 0 radical (unpaired) electrons. The molecule has 0 aliphatic rings. The lowest BCUT2D eigenvalue weighted by molar-refractivity contribution is 0.0894. The maximum atomic E-state index is 13.4. The summed E-state index contributed by atoms with van der Waals surface area (Å²) in [6.45, 7) is 0. The van der Waals surface area contributed by atoms with Gasteiger partial charge >= 0.3 is 0 Å². The van der Waals surface area contributed by atoms with Gasteiger partial charge in [0.1, 0.15) is 0 Å². The van der Waals surface area contributed by atoms with Crippen LogP contribution in [0.1, 0.15) is 38.6 Å². The first-order chi connectivity index (χ1) is 14.0. The Morgan fingerprint density at radius 2 is 1.38 bits per heavy atom. The highest BCUT2D eigenvalue weighted by molar-refractivity contribution is 9.10. The zero-order valence-corrected chi connectivity index (χ0v) is 18.5. The number of H-pyrrole nitrogens is 1. The van der Waals surface area contributed by atoms with Crippen molar-refractivity contribution >= 4 is 54.3 Å². The van der Waals surface area contributed by atoms with Crippen LogP contribution in [-0.2, 0) is 0 Å². The summed E-state index contributed by atoms with van der Waals surface area (Å²) >= 11 is 6.80. The Labute approximate surface area is 185 Å². The van der Waals surface area contributed by atoms with Gasteiger partial charge in [-0.1, -0.05) is 74.3 Å². The molecule has 4 rings (SSSR count). The Kier molecular flexibility index (Phi) is 5.79. The van der Waals surface area contributed by atoms with E-state index in [0.29, 0.717) is 11.1 Å². The Balaban J connectivity index is 1.74. The van der Waals surface area contributed by atoms with Gasteiger partial charge in [-0.15, -0.1) is 0 Å². The highest BCUT2D eigenvalue weighted by Gasteiger charge is 2.27. The first kappa shape index (κ1) is 19.8. The molecule has 0 bridgehead atoms. The van der Waals surface area contributed by atoms with Crippen molar-refractivity contribution in [2.75, 3.05) is 0 Å². The normalized spacial score (nSPS) is 12.1. The average Bonchev–Trinajstić information content (AvgIpc) is 3.16. The third kappa shape index (κ3) is 4.26. The van der Waals surface area contributed by atoms with E-state index in [-0.39, 0.29) is 18.0 Å². The topological polar surface area (TPSA) is 49.9 Å². The Morgan fingerprint density at radius 1 is 0.793 bits per heavy atom. The van der Waals surface area contributed by atoms with Crippen molar-refractivity contribution in [3.8, 4) is 0 Å². The Bertz CT molecular complexity index is 1180. The van der Waals surface area contributed by atoms with Gasteiger partial charge in [-0.05, 0) is 35.9 Å². The lowest BCUT2D eigenvalue weighted by atomic mass is 9.85. The van der Waals surface area contributed by atoms with Crippen LogP contribution in [0.25, 0.3) is 10.9 Å². The second-order valence-corrected chi connectivity index (χ2v) is 8.68. The summed E-state index contributed by atoms with van der Waals surface area (Å²) in [5, 5.41) is 0.964. The molecule has 1 heterocycles. The molecule has 3 nitrogen and oxygen atoms in total. The molecule has 0 unspecified atom stereocenters. The lowest BCUT2D eigenvalue weighted by Crippen LogP contribution is -2.17. The highest BCUT2D eigenvalue weighted by Crippen LogP contribution is 2.32. The molecule has 0 fully saturated rings. The maximum Gasteiger partial charge on any atom is 0.170 e. The summed E-state index contributed by atoms with van der Waals surface area (Å²) in [5.74, 6) is -0.686. The standard InChI is InChI=1S/C24H17Br2NO2/c25-17-9-5-15(6-10-17)23(28)13-20(24(29)16-7-11-18(26)12-8-16)21-14-27-22-4-2-1-3-19(21)22/h1-12,14,20,27H,13H2/t20-/m0/s1. The second kappa shape index (κ2) is 8.47. The van der Waals surface area contributed by atoms with E-state index < -0.39 is 5.92 Å². The van der Waals surface area contributed by atoms with Crippen molar-refractivity contribution in [1.82, 2.24) is 4.98 Å². The molecule has 4 aromatic rings. The number of rotatable bonds is 6. The Morgan fingerprint density at radius 3 is 2.03 bits per heavy atom. The molecule has 5 heteroatoms. The number of aromatic nitrogens is 1. The molecule has 144 valence electrons. The van der Waals surface area contributed by atoms with Crippen LogP contribution >= 0.6 is 31.9 Å². The average molecular weight is 511 g/mol. The predicted molar refractivity (Wildman–Crippen MR) is 123 cm³/mol. The molecular formula is C24H17Br2NO2. The van der Waals surface area contributed by atoms with Gasteiger partial charge in [-0.2, -0.15) is 0 Å². The number of fused-ring (bicyclic) bond motifs is 1. The zero-order valence-electron chi connectivity index (χ0n) is 15.4. The first-order valence-electron chi connectivity index (χ1n) is 9.17. The maximum absolute atomic E-state index is 13.4. The number of benzene rings is 3. The first-order valence-corrected chi connectivity index (χ1v) is 10.8. The van der Waals surface area contributed by atoms with Crippen LogP contribution in [0.2, 0.25) is 0 Å². The second-order valence-electron chi connectivity index (χ2n) is 6.85. The van der Waals surface area contributed by atoms with Gasteiger partial charge in [0.15, 0.2) is 11.6 Å². The van der Waals surface area contributed by atoms with Gasteiger partial charge in [-0.25, -0.2) is 0 Å². The van der Waals surface area contributed by atoms with Crippen molar-refractivity contribution in [3.63, 3.8) is 0 Å². The number of hydrogen-bond donors (Lipinski definition) is 1. The summed E-state index contributed by atoms with van der Waals surface area (Å²) in [7, 11) is 0. The van der Waals surface area contributed by atoms with E-state index in [9.17, 15) is 9.59 Å². The third-order valence-electron chi connectivity index (χ3n) is 5.00. The number of hydrogen-bond acceptors (Lipinski definition) is 2. The van der Waals surface area contributed by atoms with E-state index in [0.717, 1.165) is 25.4 Å². The fraction of sp³-hybridized carbons (Fsp3) is 0.0833. The van der Waals surface area contributed by atoms with E-state index in [1.807, 2.05) is 54.7 Å². The molecule has 0 amide bonds. The molecule has 0 saturated carbocycles. The van der Waals surface area contributed by atoms with Crippen molar-refractivity contribution in [2.45, 2.75) is 12.3 Å². The van der Waals surface area contributed by atoms with Crippen LogP contribution in [0, 0.1) is 0 Å². The molecule has 1 N–H and O–H groups in total. The smallest absolute Gasteiger partial charge is 0.170 e. The van der Waals surface area contributed by atoms with E-state index in [1.165, 1.54) is 0 Å². The number of halogens is 2. The fourth-order valence-corrected chi connectivity index (χ4v) is 4.01. The van der Waals surface area contributed by atoms with Gasteiger partial charge in [0.25, 0.3) is 0 Å². The number of nitrogens with one attached hydrogen (secondary N) is 1. The van der Waals surface area contributed by atoms with Crippen LogP contribution in [0.5, 0.6) is 0 Å². The number of aromatic amines is 1. The number of carbonyl (C=O) groups is 2. The molecule has 0 aliphatic carbocycles. The third-order valence-corrected chi connectivity index (χ3v) is 6.05. The molecule has 1 atom stereocenters. The molecule has 0 spiro atoms. The number of Topliss-reactive ketones (excluding diaryl/α,β-unsaturated/α-hetero) is 2. The zero-order chi connectivity index (χ0) is 20.4. The van der Waals surface area contributed by atoms with E-state index in [1.54, 1.807) is 24.3 Å². The number of para-hydroxylation sites is 1. The summed E-state index contributed by atoms with van der Waals surface area (Å²) in [4.78, 5) is 29.7. The fourth-order valence-electron chi connectivity index (χ4n) is 3.48. The molecule has 1 aromatic heterocycles. The van der Waals surface area contributed by atoms with Gasteiger partial charge in [-0.3, -0.25) is 9.59 Å². The Hall–Kier alpha value is -2.50. The van der Waals surface area contributed by atoms with Gasteiger partial charge in [0.2, 0.25) is 0 Å². The molecule has 0 saturated heterocycles. The SMILES string of the molecule is O=C(C[C@H](C(=O)c1ccc(Br)cc1)c1c[nH]c2ccccc12)c1ccc(Br)cc1. The van der Waals surface area contributed by atoms with Gasteiger partial charge in [0, 0.05) is 43.6 Å². The quantitative estimate of drug-likeness (QED) is 0.286. The number of carbonyl (C=O) groups excluding carboxylic acids is 2. The summed E-state index contributed by atoms with van der Waals surface area (Å²) in [6, 6.07) is 22.3. The molecule has 29 heavy (non-hydrogen) atoms. The number of ketones is 2. The molecule has 3 aromatic carbocycles. The van der Waals surface area contributed by atoms with Crippen molar-refractivity contribution in [1.29, 1.82) is 0 Å². The van der Waals surface area contributed by atoms with Crippen LogP contribution in [0.15, 0.2) is 87.9 Å². The van der Waals surface area contributed by atoms with E-state index in [4.69, 9.17) is 0 Å². The van der Waals surface area contributed by atoms with E-state index in [2.05, 4.69) is 36.8 Å². The van der Waals surface area contributed by atoms with E-state index >= 15 is 0 Å². The molecule has 0 aliphatic heterocycles. The van der Waals surface area contributed by atoms with Crippen LogP contribution < -0.4 is 0 Å². The summed E-state index contributed by atoms with van der Waals surface area (Å²) in [5.41, 5.74) is 2.99. The van der Waals surface area contributed by atoms with Crippen molar-refractivity contribution in [3.05, 3.63) is 105 Å². The van der Waals surface area contributed by atoms with Crippen LogP contribution in [0.3, 0.4) is 0 Å². The predicted octanol–water partition coefficient (Wildman–Crippen LogP) is 6.93. The molecular weight excluding hydrogens is 494 g/mol. The minimum Gasteiger partial charge on any atom is -0.361 e. The van der Waals surface area contributed by atoms with Crippen LogP contribution in [-0.4, -0.2) is 16.6 Å². The monoisotopic (exact) mass is 509 g/mol. The minimum atomic E-state index is -0.566. The lowest BCUT2D eigenvalue weighted by Gasteiger charge is -2.15. The minimum absolute atomic E-state index is 0.0572. The summed E-state index contributed by atoms with van der Waals surface area (Å²) < 4.78 is 1.82. The van der Waals surface area contributed by atoms with Crippen molar-refractivity contribution in [2.24, 2.45) is 0 Å². The highest BCUT2D eigenvalue weighted by atomic mass is 79.9. The van der Waals surface area contributed by atoms with Gasteiger partial charge in [0.05, 0.1) is 5.92 Å². The summed E-state index contributed by atoms with van der Waals surface area (Å²) in [6.07, 6.45) is 1.96. The van der Waals surface area contributed by atoms with Crippen LogP contribution in [0.4, 0.5) is 0 Å².